The number of aryl methyl sites for hydroxylation is 1. The number of nitrogens with zero attached hydrogens (tertiary/aromatic N) is 2. The molecule has 1 aromatic carbocycles. The number of aromatic hydroxyl groups is 1. The smallest absolute Gasteiger partial charge is 0.331 e. The van der Waals surface area contributed by atoms with E-state index < -0.39 is 0 Å². The lowest BCUT2D eigenvalue weighted by atomic mass is 10.2. The fourth-order valence-electron chi connectivity index (χ4n) is 2.00. The van der Waals surface area contributed by atoms with Gasteiger partial charge in [0, 0.05) is 13.1 Å². The van der Waals surface area contributed by atoms with Crippen LogP contribution in [0.15, 0.2) is 27.8 Å². The second-order valence-electron chi connectivity index (χ2n) is 3.78. The first-order valence-corrected chi connectivity index (χ1v) is 5.56. The highest BCUT2D eigenvalue weighted by Crippen LogP contribution is 2.15. The maximum atomic E-state index is 12.0. The van der Waals surface area contributed by atoms with E-state index in [4.69, 9.17) is 0 Å². The lowest BCUT2D eigenvalue weighted by Gasteiger charge is -2.11. The molecule has 0 atom stereocenters. The van der Waals surface area contributed by atoms with Crippen LogP contribution in [0.1, 0.15) is 13.8 Å². The van der Waals surface area contributed by atoms with E-state index in [1.807, 2.05) is 6.92 Å². The number of phenols is 1. The van der Waals surface area contributed by atoms with E-state index in [0.717, 1.165) is 0 Å². The molecule has 17 heavy (non-hydrogen) atoms. The van der Waals surface area contributed by atoms with Crippen LogP contribution in [0.25, 0.3) is 10.9 Å². The number of benzene rings is 1. The lowest BCUT2D eigenvalue weighted by Crippen LogP contribution is -2.39. The zero-order valence-corrected chi connectivity index (χ0v) is 9.80. The fourth-order valence-corrected chi connectivity index (χ4v) is 2.00. The van der Waals surface area contributed by atoms with Gasteiger partial charge in [-0.2, -0.15) is 0 Å². The van der Waals surface area contributed by atoms with Crippen LogP contribution in [0, 0.1) is 0 Å². The Bertz CT molecular complexity index is 682. The summed E-state index contributed by atoms with van der Waals surface area (Å²) in [5.74, 6) is 0.0264. The molecular formula is C12H14N2O3. The average Bonchev–Trinajstić information content (AvgIpc) is 2.31. The molecule has 0 unspecified atom stereocenters. The molecule has 2 rings (SSSR count). The Morgan fingerprint density at radius 1 is 1.12 bits per heavy atom. The average molecular weight is 234 g/mol. The highest BCUT2D eigenvalue weighted by molar-refractivity contribution is 5.79. The molecule has 90 valence electrons. The van der Waals surface area contributed by atoms with Gasteiger partial charge in [0.25, 0.3) is 5.56 Å². The number of fused-ring (bicyclic) bond motifs is 1. The molecular weight excluding hydrogens is 220 g/mol. The SMILES string of the molecule is CCn1c(=O)c2cc(O)ccc2n(CC)c1=O. The fraction of sp³-hybridized carbons (Fsp3) is 0.333. The van der Waals surface area contributed by atoms with E-state index >= 15 is 0 Å². The first-order valence-electron chi connectivity index (χ1n) is 5.56. The van der Waals surface area contributed by atoms with Crippen molar-refractivity contribution in [3.05, 3.63) is 39.0 Å². The van der Waals surface area contributed by atoms with Gasteiger partial charge >= 0.3 is 5.69 Å². The largest absolute Gasteiger partial charge is 0.508 e. The lowest BCUT2D eigenvalue weighted by molar-refractivity contribution is 0.475. The Morgan fingerprint density at radius 2 is 1.76 bits per heavy atom. The van der Waals surface area contributed by atoms with Crippen molar-refractivity contribution in [3.63, 3.8) is 0 Å². The highest BCUT2D eigenvalue weighted by atomic mass is 16.3. The molecule has 0 aliphatic rings. The summed E-state index contributed by atoms with van der Waals surface area (Å²) in [5, 5.41) is 9.78. The molecule has 1 heterocycles. The minimum atomic E-state index is -0.354. The molecule has 1 aromatic heterocycles. The minimum Gasteiger partial charge on any atom is -0.508 e. The first-order chi connectivity index (χ1) is 8.10. The third kappa shape index (κ3) is 1.63. The van der Waals surface area contributed by atoms with Gasteiger partial charge in [-0.1, -0.05) is 0 Å². The van der Waals surface area contributed by atoms with Crippen molar-refractivity contribution in [1.82, 2.24) is 9.13 Å². The van der Waals surface area contributed by atoms with Crippen LogP contribution in [-0.2, 0) is 13.1 Å². The Balaban J connectivity index is 3.06. The highest BCUT2D eigenvalue weighted by Gasteiger charge is 2.11. The van der Waals surface area contributed by atoms with Crippen molar-refractivity contribution in [3.8, 4) is 5.75 Å². The molecule has 0 spiro atoms. The topological polar surface area (TPSA) is 64.2 Å². The van der Waals surface area contributed by atoms with Crippen molar-refractivity contribution in [2.24, 2.45) is 0 Å². The monoisotopic (exact) mass is 234 g/mol. The summed E-state index contributed by atoms with van der Waals surface area (Å²) < 4.78 is 2.70. The Kier molecular flexibility index (Phi) is 2.75. The van der Waals surface area contributed by atoms with Gasteiger partial charge in [0.1, 0.15) is 5.75 Å². The third-order valence-corrected chi connectivity index (χ3v) is 2.84. The Morgan fingerprint density at radius 3 is 2.35 bits per heavy atom. The maximum Gasteiger partial charge on any atom is 0.331 e. The normalized spacial score (nSPS) is 10.9. The van der Waals surface area contributed by atoms with Gasteiger partial charge in [0.05, 0.1) is 10.9 Å². The quantitative estimate of drug-likeness (QED) is 0.840. The zero-order valence-electron chi connectivity index (χ0n) is 9.80. The van der Waals surface area contributed by atoms with E-state index in [1.54, 1.807) is 13.0 Å². The van der Waals surface area contributed by atoms with Crippen LogP contribution in [0.2, 0.25) is 0 Å². The van der Waals surface area contributed by atoms with Crippen LogP contribution < -0.4 is 11.2 Å². The number of phenolic OH excluding ortho intramolecular Hbond substituents is 1. The molecule has 0 aliphatic heterocycles. The van der Waals surface area contributed by atoms with Crippen LogP contribution in [-0.4, -0.2) is 14.2 Å². The predicted molar refractivity (Wildman–Crippen MR) is 65.5 cm³/mol. The van der Waals surface area contributed by atoms with Crippen LogP contribution in [0.5, 0.6) is 5.75 Å². The standard InChI is InChI=1S/C12H14N2O3/c1-3-13-10-6-5-8(15)7-9(10)11(16)14(4-2)12(13)17/h5-7,15H,3-4H2,1-2H3. The van der Waals surface area contributed by atoms with Gasteiger partial charge in [-0.25, -0.2) is 4.79 Å². The summed E-state index contributed by atoms with van der Waals surface area (Å²) in [6.45, 7) is 4.40. The molecule has 0 saturated carbocycles. The molecule has 1 N–H and O–H groups in total. The summed E-state index contributed by atoms with van der Waals surface area (Å²) in [6.07, 6.45) is 0. The van der Waals surface area contributed by atoms with Crippen LogP contribution >= 0.6 is 0 Å². The van der Waals surface area contributed by atoms with Gasteiger partial charge in [-0.15, -0.1) is 0 Å². The van der Waals surface area contributed by atoms with Gasteiger partial charge < -0.3 is 5.11 Å². The molecule has 2 aromatic rings. The summed E-state index contributed by atoms with van der Waals surface area (Å²) in [7, 11) is 0. The van der Waals surface area contributed by atoms with E-state index in [9.17, 15) is 14.7 Å². The molecule has 0 amide bonds. The van der Waals surface area contributed by atoms with Gasteiger partial charge in [0.15, 0.2) is 0 Å². The van der Waals surface area contributed by atoms with Gasteiger partial charge in [0.2, 0.25) is 0 Å². The number of rotatable bonds is 2. The minimum absolute atomic E-state index is 0.0264. The van der Waals surface area contributed by atoms with Crippen LogP contribution in [0.4, 0.5) is 0 Å². The van der Waals surface area contributed by atoms with E-state index in [1.165, 1.54) is 21.3 Å². The second-order valence-corrected chi connectivity index (χ2v) is 3.78. The summed E-state index contributed by atoms with van der Waals surface area (Å²) in [6, 6.07) is 4.47. The van der Waals surface area contributed by atoms with E-state index in [2.05, 4.69) is 0 Å². The van der Waals surface area contributed by atoms with Crippen molar-refractivity contribution in [2.45, 2.75) is 26.9 Å². The second kappa shape index (κ2) is 4.08. The molecule has 5 nitrogen and oxygen atoms in total. The van der Waals surface area contributed by atoms with Crippen molar-refractivity contribution < 1.29 is 5.11 Å². The maximum absolute atomic E-state index is 12.0. The summed E-state index contributed by atoms with van der Waals surface area (Å²) in [4.78, 5) is 24.1. The summed E-state index contributed by atoms with van der Waals surface area (Å²) >= 11 is 0. The molecule has 0 bridgehead atoms. The molecule has 0 saturated heterocycles. The van der Waals surface area contributed by atoms with E-state index in [0.29, 0.717) is 24.0 Å². The van der Waals surface area contributed by atoms with Crippen LogP contribution in [0.3, 0.4) is 0 Å². The van der Waals surface area contributed by atoms with Crippen molar-refractivity contribution >= 4 is 10.9 Å². The van der Waals surface area contributed by atoms with Gasteiger partial charge in [-0.3, -0.25) is 13.9 Å². The first kappa shape index (κ1) is 11.4. The Hall–Kier alpha value is -2.04. The van der Waals surface area contributed by atoms with Crippen molar-refractivity contribution in [2.75, 3.05) is 0 Å². The Labute approximate surface area is 97.5 Å². The number of aromatic nitrogens is 2. The molecule has 0 aliphatic carbocycles. The van der Waals surface area contributed by atoms with Crippen molar-refractivity contribution in [1.29, 1.82) is 0 Å². The third-order valence-electron chi connectivity index (χ3n) is 2.84. The number of hydrogen-bond acceptors (Lipinski definition) is 3. The zero-order chi connectivity index (χ0) is 12.6. The molecule has 0 radical (unpaired) electrons. The predicted octanol–water partition coefficient (Wildman–Crippen LogP) is 0.909. The van der Waals surface area contributed by atoms with Gasteiger partial charge in [-0.05, 0) is 32.0 Å². The van der Waals surface area contributed by atoms with E-state index in [-0.39, 0.29) is 17.0 Å². The molecule has 0 fully saturated rings. The summed E-state index contributed by atoms with van der Waals surface area (Å²) in [5.41, 5.74) is -0.101. The molecule has 5 heteroatoms. The number of hydrogen-bond donors (Lipinski definition) is 1.